The van der Waals surface area contributed by atoms with Crippen LogP contribution >= 0.6 is 0 Å². The lowest BCUT2D eigenvalue weighted by Crippen LogP contribution is -2.03. The Kier molecular flexibility index (Phi) is 5.63. The van der Waals surface area contributed by atoms with Crippen molar-refractivity contribution < 1.29 is 0 Å². The van der Waals surface area contributed by atoms with Crippen molar-refractivity contribution in [2.45, 2.75) is 0 Å². The topological polar surface area (TPSA) is 35.6 Å². The zero-order valence-corrected chi connectivity index (χ0v) is 27.0. The highest BCUT2D eigenvalue weighted by molar-refractivity contribution is 6.15. The first-order valence-corrected chi connectivity index (χ1v) is 17.0. The molecule has 0 amide bonds. The molecule has 0 N–H and O–H groups in total. The fraction of sp³-hybridized carbons (Fsp3) is 0. The lowest BCUT2D eigenvalue weighted by Gasteiger charge is -2.13. The maximum atomic E-state index is 5.40. The molecule has 11 aromatic rings. The first-order chi connectivity index (χ1) is 24.8. The Morgan fingerprint density at radius 1 is 0.340 bits per heavy atom. The molecule has 0 unspecified atom stereocenters. The van der Waals surface area contributed by atoms with Crippen LogP contribution < -0.4 is 0 Å². The molecule has 0 aliphatic rings. The number of hydrogen-bond acceptors (Lipinski definition) is 2. The van der Waals surface area contributed by atoms with Crippen molar-refractivity contribution in [3.63, 3.8) is 0 Å². The highest BCUT2D eigenvalue weighted by Gasteiger charge is 2.20. The van der Waals surface area contributed by atoms with Crippen molar-refractivity contribution in [2.24, 2.45) is 0 Å². The number of aromatic nitrogens is 4. The Morgan fingerprint density at radius 2 is 0.920 bits per heavy atom. The molecule has 232 valence electrons. The molecule has 0 aliphatic carbocycles. The highest BCUT2D eigenvalue weighted by Crippen LogP contribution is 2.39. The zero-order valence-electron chi connectivity index (χ0n) is 27.0. The Hall–Kier alpha value is -6.78. The Balaban J connectivity index is 1.24. The largest absolute Gasteiger partial charge is 0.309 e. The molecule has 0 saturated carbocycles. The van der Waals surface area contributed by atoms with Crippen LogP contribution in [0.5, 0.6) is 0 Å². The standard InChI is InChI=1S/C46H28N4/c1-2-12-30-25-33(22-21-29(30)11-1)45-47-40-18-8-5-17-37(40)46(48-45)50-43-24-23-34(28-39(43)38-26-31-13-3-4-14-32(31)27-44(38)50)49-41-19-9-6-15-35(41)36-16-7-10-20-42(36)49/h1-28H. The normalized spacial score (nSPS) is 12.0. The number of para-hydroxylation sites is 3. The van der Waals surface area contributed by atoms with Gasteiger partial charge in [0.15, 0.2) is 5.82 Å². The SMILES string of the molecule is c1ccc2cc(-c3nc(-n4c5ccc(-n6c7ccccc7c7ccccc76)cc5c5cc6ccccc6cc54)c4ccccc4n3)ccc2c1. The molecule has 0 aliphatic heterocycles. The molecular formula is C46H28N4. The summed E-state index contributed by atoms with van der Waals surface area (Å²) in [5, 5.41) is 10.7. The monoisotopic (exact) mass is 636 g/mol. The summed E-state index contributed by atoms with van der Waals surface area (Å²) in [5.41, 5.74) is 7.66. The van der Waals surface area contributed by atoms with Crippen LogP contribution in [0.3, 0.4) is 0 Å². The first kappa shape index (κ1) is 27.2. The third kappa shape index (κ3) is 3.93. The highest BCUT2D eigenvalue weighted by atomic mass is 15.1. The first-order valence-electron chi connectivity index (χ1n) is 17.0. The fourth-order valence-corrected chi connectivity index (χ4v) is 7.95. The second kappa shape index (κ2) is 10.4. The average Bonchev–Trinajstić information content (AvgIpc) is 3.68. The van der Waals surface area contributed by atoms with Crippen LogP contribution in [0.4, 0.5) is 0 Å². The predicted octanol–water partition coefficient (Wildman–Crippen LogP) is 11.8. The maximum absolute atomic E-state index is 5.40. The predicted molar refractivity (Wildman–Crippen MR) is 209 cm³/mol. The summed E-state index contributed by atoms with van der Waals surface area (Å²) in [6.45, 7) is 0. The zero-order chi connectivity index (χ0) is 32.8. The van der Waals surface area contributed by atoms with E-state index in [4.69, 9.17) is 9.97 Å². The number of rotatable bonds is 3. The van der Waals surface area contributed by atoms with Crippen LogP contribution in [-0.2, 0) is 0 Å². The van der Waals surface area contributed by atoms with E-state index in [0.717, 1.165) is 39.0 Å². The number of fused-ring (bicyclic) bond motifs is 9. The molecular weight excluding hydrogens is 609 g/mol. The molecule has 0 bridgehead atoms. The van der Waals surface area contributed by atoms with Gasteiger partial charge < -0.3 is 4.57 Å². The molecule has 11 rings (SSSR count). The average molecular weight is 637 g/mol. The maximum Gasteiger partial charge on any atom is 0.162 e. The van der Waals surface area contributed by atoms with Crippen LogP contribution in [-0.4, -0.2) is 19.1 Å². The molecule has 3 aromatic heterocycles. The van der Waals surface area contributed by atoms with Gasteiger partial charge in [0, 0.05) is 38.2 Å². The van der Waals surface area contributed by atoms with Gasteiger partial charge in [-0.3, -0.25) is 4.57 Å². The van der Waals surface area contributed by atoms with Gasteiger partial charge in [-0.1, -0.05) is 109 Å². The van der Waals surface area contributed by atoms with Crippen LogP contribution in [0, 0.1) is 0 Å². The lowest BCUT2D eigenvalue weighted by molar-refractivity contribution is 1.08. The summed E-state index contributed by atoms with van der Waals surface area (Å²) >= 11 is 0. The summed E-state index contributed by atoms with van der Waals surface area (Å²) in [6, 6.07) is 60.8. The van der Waals surface area contributed by atoms with E-state index in [1.54, 1.807) is 0 Å². The molecule has 0 spiro atoms. The van der Waals surface area contributed by atoms with Gasteiger partial charge in [0.25, 0.3) is 0 Å². The van der Waals surface area contributed by atoms with E-state index in [-0.39, 0.29) is 0 Å². The van der Waals surface area contributed by atoms with Crippen molar-refractivity contribution in [2.75, 3.05) is 0 Å². The summed E-state index contributed by atoms with van der Waals surface area (Å²) in [5.74, 6) is 1.58. The number of hydrogen-bond donors (Lipinski definition) is 0. The summed E-state index contributed by atoms with van der Waals surface area (Å²) in [7, 11) is 0. The smallest absolute Gasteiger partial charge is 0.162 e. The quantitative estimate of drug-likeness (QED) is 0.193. The van der Waals surface area contributed by atoms with E-state index >= 15 is 0 Å². The van der Waals surface area contributed by atoms with Crippen LogP contribution in [0.2, 0.25) is 0 Å². The second-order valence-electron chi connectivity index (χ2n) is 13.1. The van der Waals surface area contributed by atoms with E-state index < -0.39 is 0 Å². The molecule has 3 heterocycles. The molecule has 4 nitrogen and oxygen atoms in total. The van der Waals surface area contributed by atoms with Crippen LogP contribution in [0.15, 0.2) is 170 Å². The fourth-order valence-electron chi connectivity index (χ4n) is 7.95. The molecule has 0 fully saturated rings. The number of nitrogens with zero attached hydrogens (tertiary/aromatic N) is 4. The molecule has 50 heavy (non-hydrogen) atoms. The van der Waals surface area contributed by atoms with Crippen molar-refractivity contribution in [3.05, 3.63) is 170 Å². The van der Waals surface area contributed by atoms with E-state index in [9.17, 15) is 0 Å². The van der Waals surface area contributed by atoms with Gasteiger partial charge in [-0.2, -0.15) is 0 Å². The van der Waals surface area contributed by atoms with Crippen molar-refractivity contribution >= 4 is 76.1 Å². The lowest BCUT2D eigenvalue weighted by atomic mass is 10.1. The van der Waals surface area contributed by atoms with Crippen LogP contribution in [0.1, 0.15) is 0 Å². The van der Waals surface area contributed by atoms with Gasteiger partial charge in [0.2, 0.25) is 0 Å². The molecule has 4 heteroatoms. The molecule has 0 radical (unpaired) electrons. The minimum Gasteiger partial charge on any atom is -0.309 e. The Morgan fingerprint density at radius 3 is 1.68 bits per heavy atom. The van der Waals surface area contributed by atoms with Crippen LogP contribution in [0.25, 0.3) is 99.0 Å². The molecule has 8 aromatic carbocycles. The van der Waals surface area contributed by atoms with Gasteiger partial charge in [-0.25, -0.2) is 9.97 Å². The van der Waals surface area contributed by atoms with E-state index in [1.165, 1.54) is 54.1 Å². The minimum atomic E-state index is 0.710. The van der Waals surface area contributed by atoms with Gasteiger partial charge in [-0.15, -0.1) is 0 Å². The summed E-state index contributed by atoms with van der Waals surface area (Å²) in [6.07, 6.45) is 0. The van der Waals surface area contributed by atoms with Gasteiger partial charge in [-0.05, 0) is 82.2 Å². The van der Waals surface area contributed by atoms with E-state index in [0.29, 0.717) is 5.82 Å². The van der Waals surface area contributed by atoms with Gasteiger partial charge in [0.05, 0.1) is 27.6 Å². The Bertz CT molecular complexity index is 3110. The number of benzene rings is 8. The molecule has 0 saturated heterocycles. The minimum absolute atomic E-state index is 0.710. The van der Waals surface area contributed by atoms with Crippen molar-refractivity contribution in [3.8, 4) is 22.9 Å². The molecule has 0 atom stereocenters. The van der Waals surface area contributed by atoms with E-state index in [2.05, 4.69) is 179 Å². The van der Waals surface area contributed by atoms with Crippen molar-refractivity contribution in [1.29, 1.82) is 0 Å². The third-order valence-electron chi connectivity index (χ3n) is 10.3. The van der Waals surface area contributed by atoms with E-state index in [1.807, 2.05) is 0 Å². The third-order valence-corrected chi connectivity index (χ3v) is 10.3. The van der Waals surface area contributed by atoms with Crippen molar-refractivity contribution in [1.82, 2.24) is 19.1 Å². The summed E-state index contributed by atoms with van der Waals surface area (Å²) in [4.78, 5) is 10.5. The Labute approximate surface area is 287 Å². The second-order valence-corrected chi connectivity index (χ2v) is 13.1. The van der Waals surface area contributed by atoms with Gasteiger partial charge >= 0.3 is 0 Å². The van der Waals surface area contributed by atoms with Gasteiger partial charge in [0.1, 0.15) is 5.82 Å². The summed E-state index contributed by atoms with van der Waals surface area (Å²) < 4.78 is 4.74.